The highest BCUT2D eigenvalue weighted by Crippen LogP contribution is 2.39. The fraction of sp³-hybridized carbons (Fsp3) is 0.673. The molecule has 0 radical (unpaired) electrons. The molecule has 8 nitrogen and oxygen atoms in total. The molecular weight excluding hydrogens is 749 g/mol. The summed E-state index contributed by atoms with van der Waals surface area (Å²) in [5.74, 6) is 0.981. The van der Waals surface area contributed by atoms with Crippen LogP contribution in [-0.2, 0) is 19.4 Å². The van der Waals surface area contributed by atoms with Crippen molar-refractivity contribution < 1.29 is 24.1 Å². The largest absolute Gasteiger partial charge is 0.507 e. The number of allylic oxidation sites excluding steroid dienone is 4. The first kappa shape index (κ1) is 51.0. The first-order valence-corrected chi connectivity index (χ1v) is 24.0. The van der Waals surface area contributed by atoms with Crippen molar-refractivity contribution in [3.63, 3.8) is 0 Å². The fourth-order valence-corrected chi connectivity index (χ4v) is 8.17. The Morgan fingerprint density at radius 2 is 0.950 bits per heavy atom. The number of phenolic OH excluding ortho intramolecular Hbond substituents is 1. The van der Waals surface area contributed by atoms with Gasteiger partial charge in [-0.05, 0) is 111 Å². The van der Waals surface area contributed by atoms with Crippen molar-refractivity contribution in [3.05, 3.63) is 62.3 Å². The van der Waals surface area contributed by atoms with Crippen LogP contribution in [0, 0.1) is 0 Å². The third-order valence-corrected chi connectivity index (χ3v) is 12.1. The molecule has 0 spiro atoms. The van der Waals surface area contributed by atoms with Crippen LogP contribution in [0.5, 0.6) is 17.2 Å². The van der Waals surface area contributed by atoms with Gasteiger partial charge >= 0.3 is 0 Å². The smallest absolute Gasteiger partial charge is 0.204 e. The minimum absolute atomic E-state index is 0.102. The SMILES string of the molecule is CCN(CC)CCCCCCCCCCOc1cc2oc3cc(OCCCCCCCCCCN(CC)CC)c(CO)c(CC=C(C)C)c3c(=O)c2c(O)c1CC=C(C)C. The van der Waals surface area contributed by atoms with Gasteiger partial charge in [0.1, 0.15) is 33.8 Å². The highest BCUT2D eigenvalue weighted by atomic mass is 16.5. The second kappa shape index (κ2) is 29.1. The van der Waals surface area contributed by atoms with E-state index < -0.39 is 0 Å². The lowest BCUT2D eigenvalue weighted by Gasteiger charge is -2.18. The van der Waals surface area contributed by atoms with Crippen LogP contribution in [0.4, 0.5) is 0 Å². The molecule has 0 fully saturated rings. The van der Waals surface area contributed by atoms with E-state index >= 15 is 0 Å². The summed E-state index contributed by atoms with van der Waals surface area (Å²) >= 11 is 0. The predicted molar refractivity (Wildman–Crippen MR) is 254 cm³/mol. The van der Waals surface area contributed by atoms with Gasteiger partial charge in [-0.15, -0.1) is 0 Å². The van der Waals surface area contributed by atoms with E-state index in [1.807, 2.05) is 33.8 Å². The Bertz CT molecular complexity index is 1790. The molecule has 3 aromatic rings. The van der Waals surface area contributed by atoms with Crippen molar-refractivity contribution in [3.8, 4) is 17.2 Å². The van der Waals surface area contributed by atoms with Gasteiger partial charge in [0.2, 0.25) is 5.43 Å². The average molecular weight is 833 g/mol. The first-order chi connectivity index (χ1) is 29.1. The molecule has 0 saturated heterocycles. The predicted octanol–water partition coefficient (Wildman–Crippen LogP) is 12.8. The summed E-state index contributed by atoms with van der Waals surface area (Å²) in [5.41, 5.74) is 4.42. The molecule has 338 valence electrons. The van der Waals surface area contributed by atoms with Gasteiger partial charge in [0.15, 0.2) is 0 Å². The lowest BCUT2D eigenvalue weighted by molar-refractivity contribution is 0.259. The zero-order valence-corrected chi connectivity index (χ0v) is 39.3. The zero-order valence-electron chi connectivity index (χ0n) is 39.3. The van der Waals surface area contributed by atoms with Gasteiger partial charge in [0.25, 0.3) is 0 Å². The Kier molecular flexibility index (Phi) is 24.7. The number of aliphatic hydroxyl groups excluding tert-OH is 1. The van der Waals surface area contributed by atoms with Crippen molar-refractivity contribution in [2.24, 2.45) is 0 Å². The Hall–Kier alpha value is -3.33. The van der Waals surface area contributed by atoms with Gasteiger partial charge in [-0.25, -0.2) is 0 Å². The third-order valence-electron chi connectivity index (χ3n) is 12.1. The van der Waals surface area contributed by atoms with Crippen LogP contribution in [-0.4, -0.2) is 72.5 Å². The van der Waals surface area contributed by atoms with Gasteiger partial charge < -0.3 is 33.9 Å². The van der Waals surface area contributed by atoms with Crippen LogP contribution >= 0.6 is 0 Å². The number of hydrogen-bond donors (Lipinski definition) is 2. The summed E-state index contributed by atoms with van der Waals surface area (Å²) in [6.45, 7) is 24.8. The molecular formula is C52H84N2O6. The maximum Gasteiger partial charge on any atom is 0.204 e. The minimum atomic E-state index is -0.312. The van der Waals surface area contributed by atoms with Crippen LogP contribution in [0.15, 0.2) is 44.6 Å². The molecule has 0 saturated carbocycles. The molecule has 2 N–H and O–H groups in total. The molecule has 2 aromatic carbocycles. The van der Waals surface area contributed by atoms with E-state index in [4.69, 9.17) is 13.9 Å². The summed E-state index contributed by atoms with van der Waals surface area (Å²) in [6.07, 6.45) is 24.1. The van der Waals surface area contributed by atoms with E-state index in [2.05, 4.69) is 43.6 Å². The topological polar surface area (TPSA) is 95.6 Å². The second-order valence-corrected chi connectivity index (χ2v) is 17.2. The van der Waals surface area contributed by atoms with Gasteiger partial charge in [-0.3, -0.25) is 4.79 Å². The second-order valence-electron chi connectivity index (χ2n) is 17.2. The fourth-order valence-electron chi connectivity index (χ4n) is 8.17. The Morgan fingerprint density at radius 3 is 1.37 bits per heavy atom. The molecule has 0 bridgehead atoms. The maximum absolute atomic E-state index is 14.5. The molecule has 1 aromatic heterocycles. The Morgan fingerprint density at radius 1 is 0.567 bits per heavy atom. The van der Waals surface area contributed by atoms with Gasteiger partial charge in [-0.2, -0.15) is 0 Å². The van der Waals surface area contributed by atoms with Crippen LogP contribution in [0.1, 0.15) is 175 Å². The average Bonchev–Trinajstić information content (AvgIpc) is 3.23. The molecule has 0 aliphatic carbocycles. The van der Waals surface area contributed by atoms with Crippen LogP contribution < -0.4 is 14.9 Å². The van der Waals surface area contributed by atoms with E-state index in [1.54, 1.807) is 12.1 Å². The maximum atomic E-state index is 14.5. The van der Waals surface area contributed by atoms with Crippen LogP contribution in [0.3, 0.4) is 0 Å². The highest BCUT2D eigenvalue weighted by molar-refractivity contribution is 5.97. The third kappa shape index (κ3) is 16.9. The number of aliphatic hydroxyl groups is 1. The molecule has 0 unspecified atom stereocenters. The van der Waals surface area contributed by atoms with Gasteiger partial charge in [-0.1, -0.05) is 128 Å². The van der Waals surface area contributed by atoms with Crippen molar-refractivity contribution in [1.29, 1.82) is 0 Å². The number of ether oxygens (including phenoxy) is 2. The number of phenols is 1. The van der Waals surface area contributed by atoms with Gasteiger partial charge in [0.05, 0.1) is 25.2 Å². The van der Waals surface area contributed by atoms with Crippen molar-refractivity contribution in [1.82, 2.24) is 9.80 Å². The standard InChI is InChI=1S/C52H84N2O6/c1-9-53(10-2)33-25-21-17-13-15-19-23-27-35-58-45-37-48-50(51(56)43(45)32-30-41(7)8)52(57)49-42(31-29-40(5)6)44(39-55)46(38-47(49)60-48)59-36-28-24-20-16-14-18-22-26-34-54(11-3)12-4/h29-30,37-38,55-56H,9-28,31-36,39H2,1-8H3. The van der Waals surface area contributed by atoms with Gasteiger partial charge in [0, 0.05) is 23.3 Å². The minimum Gasteiger partial charge on any atom is -0.507 e. The summed E-state index contributed by atoms with van der Waals surface area (Å²) < 4.78 is 19.3. The van der Waals surface area contributed by atoms with E-state index in [-0.39, 0.29) is 28.8 Å². The summed E-state index contributed by atoms with van der Waals surface area (Å²) in [4.78, 5) is 19.5. The number of unbranched alkanes of at least 4 members (excludes halogenated alkanes) is 14. The number of fused-ring (bicyclic) bond motifs is 2. The normalized spacial score (nSPS) is 11.7. The number of benzene rings is 2. The van der Waals surface area contributed by atoms with E-state index in [1.165, 1.54) is 90.1 Å². The summed E-state index contributed by atoms with van der Waals surface area (Å²) in [7, 11) is 0. The molecule has 1 heterocycles. The number of nitrogens with zero attached hydrogens (tertiary/aromatic N) is 2. The van der Waals surface area contributed by atoms with Crippen molar-refractivity contribution in [2.75, 3.05) is 52.5 Å². The Labute approximate surface area is 364 Å². The van der Waals surface area contributed by atoms with Crippen molar-refractivity contribution >= 4 is 21.9 Å². The number of hydrogen-bond acceptors (Lipinski definition) is 8. The Balaban J connectivity index is 1.75. The summed E-state index contributed by atoms with van der Waals surface area (Å²) in [5, 5.41) is 23.1. The van der Waals surface area contributed by atoms with E-state index in [0.29, 0.717) is 65.2 Å². The molecule has 8 heteroatoms. The first-order valence-electron chi connectivity index (χ1n) is 24.0. The van der Waals surface area contributed by atoms with E-state index in [0.717, 1.165) is 63.0 Å². The molecule has 0 amide bonds. The van der Waals surface area contributed by atoms with Crippen LogP contribution in [0.2, 0.25) is 0 Å². The van der Waals surface area contributed by atoms with Crippen molar-refractivity contribution in [2.45, 2.75) is 178 Å². The number of aromatic hydroxyl groups is 1. The summed E-state index contributed by atoms with van der Waals surface area (Å²) in [6, 6.07) is 3.54. The zero-order chi connectivity index (χ0) is 43.7. The highest BCUT2D eigenvalue weighted by Gasteiger charge is 2.24. The molecule has 0 aliphatic heterocycles. The lowest BCUT2D eigenvalue weighted by Crippen LogP contribution is -2.23. The van der Waals surface area contributed by atoms with E-state index in [9.17, 15) is 15.0 Å². The quantitative estimate of drug-likeness (QED) is 0.0356. The molecule has 60 heavy (non-hydrogen) atoms. The molecule has 3 rings (SSSR count). The monoisotopic (exact) mass is 833 g/mol. The van der Waals surface area contributed by atoms with Crippen LogP contribution in [0.25, 0.3) is 21.9 Å². The lowest BCUT2D eigenvalue weighted by atomic mass is 9.95. The molecule has 0 aliphatic rings. The molecule has 0 atom stereocenters. The number of rotatable bonds is 33.